The molecule has 50 valence electrons. The second kappa shape index (κ2) is 2.01. The SMILES string of the molecule is CBC1CCC2OC2C1. The fourth-order valence-corrected chi connectivity index (χ4v) is 1.86. The predicted octanol–water partition coefficient (Wildman–Crippen LogP) is 1.21. The summed E-state index contributed by atoms with van der Waals surface area (Å²) in [4.78, 5) is 0. The topological polar surface area (TPSA) is 12.5 Å². The minimum absolute atomic E-state index is 0.684. The van der Waals surface area contributed by atoms with Crippen LogP contribution in [0.25, 0.3) is 0 Å². The molecule has 1 saturated heterocycles. The number of hydrogen-bond acceptors (Lipinski definition) is 1. The minimum Gasteiger partial charge on any atom is -0.370 e. The number of hydrogen-bond donors (Lipinski definition) is 0. The van der Waals surface area contributed by atoms with E-state index in [1.165, 1.54) is 26.5 Å². The molecule has 1 aliphatic heterocycles. The zero-order valence-electron chi connectivity index (χ0n) is 5.97. The molecule has 0 aromatic rings. The maximum atomic E-state index is 5.41. The molecule has 2 fully saturated rings. The molecule has 9 heavy (non-hydrogen) atoms. The molecule has 2 rings (SSSR count). The Morgan fingerprint density at radius 3 is 2.89 bits per heavy atom. The average molecular weight is 124 g/mol. The Labute approximate surface area is 57.0 Å². The van der Waals surface area contributed by atoms with E-state index in [4.69, 9.17) is 4.74 Å². The Hall–Kier alpha value is 0.0249. The highest BCUT2D eigenvalue weighted by Gasteiger charge is 2.43. The largest absolute Gasteiger partial charge is 0.370 e. The predicted molar refractivity (Wildman–Crippen MR) is 39.3 cm³/mol. The highest BCUT2D eigenvalue weighted by molar-refractivity contribution is 6.35. The first-order chi connectivity index (χ1) is 4.40. The van der Waals surface area contributed by atoms with E-state index < -0.39 is 0 Å². The van der Waals surface area contributed by atoms with E-state index in [2.05, 4.69) is 6.82 Å². The Balaban J connectivity index is 1.86. The summed E-state index contributed by atoms with van der Waals surface area (Å²) < 4.78 is 5.41. The normalized spacial score (nSPS) is 47.9. The molecule has 0 spiro atoms. The van der Waals surface area contributed by atoms with Gasteiger partial charge >= 0.3 is 0 Å². The van der Waals surface area contributed by atoms with Gasteiger partial charge in [0.05, 0.1) is 12.2 Å². The summed E-state index contributed by atoms with van der Waals surface area (Å²) in [7, 11) is 1.35. The Kier molecular flexibility index (Phi) is 1.29. The van der Waals surface area contributed by atoms with Crippen molar-refractivity contribution in [1.82, 2.24) is 0 Å². The first-order valence-corrected chi connectivity index (χ1v) is 4.05. The van der Waals surface area contributed by atoms with Crippen LogP contribution in [0.3, 0.4) is 0 Å². The molecule has 3 unspecified atom stereocenters. The lowest BCUT2D eigenvalue weighted by atomic mass is 9.61. The Bertz CT molecular complexity index is 115. The molecule has 2 heteroatoms. The van der Waals surface area contributed by atoms with Gasteiger partial charge < -0.3 is 4.74 Å². The number of fused-ring (bicyclic) bond motifs is 1. The summed E-state index contributed by atoms with van der Waals surface area (Å²) >= 11 is 0. The molecule has 0 aromatic heterocycles. The van der Waals surface area contributed by atoms with Crippen LogP contribution in [-0.2, 0) is 4.74 Å². The van der Waals surface area contributed by atoms with E-state index >= 15 is 0 Å². The Morgan fingerprint density at radius 1 is 1.33 bits per heavy atom. The van der Waals surface area contributed by atoms with Crippen molar-refractivity contribution in [2.75, 3.05) is 0 Å². The third-order valence-corrected chi connectivity index (χ3v) is 2.69. The standard InChI is InChI=1S/C7H13BO/c1-8-5-2-3-6-7(4-5)9-6/h5-8H,2-4H2,1H3. The fourth-order valence-electron chi connectivity index (χ4n) is 1.86. The zero-order chi connectivity index (χ0) is 6.27. The number of epoxide rings is 1. The molecule has 1 heterocycles. The van der Waals surface area contributed by atoms with Gasteiger partial charge in [0.1, 0.15) is 7.28 Å². The van der Waals surface area contributed by atoms with E-state index in [0.717, 1.165) is 5.82 Å². The fraction of sp³-hybridized carbons (Fsp3) is 1.00. The van der Waals surface area contributed by atoms with Crippen molar-refractivity contribution in [3.05, 3.63) is 0 Å². The maximum Gasteiger partial charge on any atom is 0.121 e. The van der Waals surface area contributed by atoms with Gasteiger partial charge in [-0.3, -0.25) is 0 Å². The molecular formula is C7H13BO. The van der Waals surface area contributed by atoms with Crippen LogP contribution in [0.1, 0.15) is 19.3 Å². The van der Waals surface area contributed by atoms with Gasteiger partial charge in [0.25, 0.3) is 0 Å². The molecule has 0 bridgehead atoms. The summed E-state index contributed by atoms with van der Waals surface area (Å²) in [6.45, 7) is 2.29. The first kappa shape index (κ1) is 5.78. The first-order valence-electron chi connectivity index (χ1n) is 4.05. The second-order valence-electron chi connectivity index (χ2n) is 3.30. The van der Waals surface area contributed by atoms with Gasteiger partial charge in [-0.25, -0.2) is 0 Å². The van der Waals surface area contributed by atoms with Crippen LogP contribution in [0.2, 0.25) is 12.6 Å². The average Bonchev–Trinajstić information content (AvgIpc) is 2.64. The quantitative estimate of drug-likeness (QED) is 0.378. The lowest BCUT2D eigenvalue weighted by Gasteiger charge is -2.14. The van der Waals surface area contributed by atoms with Crippen LogP contribution < -0.4 is 0 Å². The van der Waals surface area contributed by atoms with Crippen molar-refractivity contribution in [2.45, 2.75) is 44.1 Å². The van der Waals surface area contributed by atoms with E-state index in [9.17, 15) is 0 Å². The van der Waals surface area contributed by atoms with Gasteiger partial charge in [-0.05, 0) is 12.8 Å². The molecule has 0 N–H and O–H groups in total. The van der Waals surface area contributed by atoms with E-state index in [-0.39, 0.29) is 0 Å². The molecule has 2 aliphatic rings. The molecular weight excluding hydrogens is 111 g/mol. The molecule has 1 nitrogen and oxygen atoms in total. The molecule has 0 amide bonds. The number of rotatable bonds is 1. The molecule has 1 aliphatic carbocycles. The summed E-state index contributed by atoms with van der Waals surface area (Å²) in [5.74, 6) is 0.980. The maximum absolute atomic E-state index is 5.41. The van der Waals surface area contributed by atoms with Crippen molar-refractivity contribution in [3.8, 4) is 0 Å². The van der Waals surface area contributed by atoms with Crippen LogP contribution in [0, 0.1) is 0 Å². The van der Waals surface area contributed by atoms with Gasteiger partial charge in [0.2, 0.25) is 0 Å². The van der Waals surface area contributed by atoms with Crippen molar-refractivity contribution in [2.24, 2.45) is 0 Å². The summed E-state index contributed by atoms with van der Waals surface area (Å²) in [6.07, 6.45) is 5.47. The summed E-state index contributed by atoms with van der Waals surface area (Å²) in [5, 5.41) is 0. The van der Waals surface area contributed by atoms with Gasteiger partial charge in [-0.1, -0.05) is 19.1 Å². The van der Waals surface area contributed by atoms with Crippen molar-refractivity contribution in [1.29, 1.82) is 0 Å². The van der Waals surface area contributed by atoms with Gasteiger partial charge in [-0.2, -0.15) is 0 Å². The zero-order valence-corrected chi connectivity index (χ0v) is 5.97. The minimum atomic E-state index is 0.684. The van der Waals surface area contributed by atoms with E-state index in [1.807, 2.05) is 0 Å². The van der Waals surface area contributed by atoms with Crippen LogP contribution in [0.5, 0.6) is 0 Å². The van der Waals surface area contributed by atoms with Crippen molar-refractivity contribution < 1.29 is 4.74 Å². The van der Waals surface area contributed by atoms with Crippen LogP contribution in [0.4, 0.5) is 0 Å². The van der Waals surface area contributed by atoms with E-state index in [0.29, 0.717) is 12.2 Å². The van der Waals surface area contributed by atoms with Gasteiger partial charge in [0.15, 0.2) is 0 Å². The van der Waals surface area contributed by atoms with Crippen molar-refractivity contribution in [3.63, 3.8) is 0 Å². The van der Waals surface area contributed by atoms with Gasteiger partial charge in [0, 0.05) is 0 Å². The van der Waals surface area contributed by atoms with Crippen LogP contribution in [-0.4, -0.2) is 19.5 Å². The molecule has 1 saturated carbocycles. The third kappa shape index (κ3) is 1.01. The number of ether oxygens (including phenoxy) is 1. The summed E-state index contributed by atoms with van der Waals surface area (Å²) in [5.41, 5.74) is 0. The highest BCUT2D eigenvalue weighted by Crippen LogP contribution is 2.41. The smallest absolute Gasteiger partial charge is 0.121 e. The lowest BCUT2D eigenvalue weighted by Crippen LogP contribution is -2.11. The van der Waals surface area contributed by atoms with Crippen molar-refractivity contribution >= 4 is 7.28 Å². The van der Waals surface area contributed by atoms with Gasteiger partial charge in [-0.15, -0.1) is 0 Å². The Morgan fingerprint density at radius 2 is 2.22 bits per heavy atom. The highest BCUT2D eigenvalue weighted by atomic mass is 16.6. The molecule has 0 aromatic carbocycles. The third-order valence-electron chi connectivity index (χ3n) is 2.69. The summed E-state index contributed by atoms with van der Waals surface area (Å²) in [6, 6.07) is 0. The second-order valence-corrected chi connectivity index (χ2v) is 3.30. The monoisotopic (exact) mass is 124 g/mol. The molecule has 0 radical (unpaired) electrons. The van der Waals surface area contributed by atoms with E-state index in [1.54, 1.807) is 0 Å². The van der Waals surface area contributed by atoms with Crippen LogP contribution >= 0.6 is 0 Å². The van der Waals surface area contributed by atoms with Crippen LogP contribution in [0.15, 0.2) is 0 Å². The lowest BCUT2D eigenvalue weighted by molar-refractivity contribution is 0.373. The molecule has 3 atom stereocenters.